The predicted octanol–water partition coefficient (Wildman–Crippen LogP) is 5.55. The second-order valence-electron chi connectivity index (χ2n) is 4.92. The lowest BCUT2D eigenvalue weighted by atomic mass is 9.94. The first-order valence-corrected chi connectivity index (χ1v) is 7.33. The fourth-order valence-electron chi connectivity index (χ4n) is 2.21. The van der Waals surface area contributed by atoms with Crippen LogP contribution in [0.15, 0.2) is 73.0 Å². The zero-order valence-electron chi connectivity index (χ0n) is 12.0. The van der Waals surface area contributed by atoms with E-state index in [2.05, 4.69) is 43.3 Å². The summed E-state index contributed by atoms with van der Waals surface area (Å²) in [6, 6.07) is 20.5. The van der Waals surface area contributed by atoms with Crippen LogP contribution >= 0.6 is 0 Å². The van der Waals surface area contributed by atoms with Crippen LogP contribution in [0, 0.1) is 0 Å². The molecular weight excluding hydrogens is 244 g/mol. The summed E-state index contributed by atoms with van der Waals surface area (Å²) in [7, 11) is 0. The fourth-order valence-corrected chi connectivity index (χ4v) is 2.21. The molecule has 0 aliphatic carbocycles. The normalized spacial score (nSPS) is 12.4. The summed E-state index contributed by atoms with van der Waals surface area (Å²) in [6.07, 6.45) is 7.60. The Kier molecular flexibility index (Phi) is 5.91. The van der Waals surface area contributed by atoms with Gasteiger partial charge in [-0.15, -0.1) is 0 Å². The van der Waals surface area contributed by atoms with Gasteiger partial charge < -0.3 is 4.74 Å². The van der Waals surface area contributed by atoms with E-state index in [0.717, 1.165) is 12.2 Å². The molecule has 20 heavy (non-hydrogen) atoms. The summed E-state index contributed by atoms with van der Waals surface area (Å²) in [5, 5.41) is 0. The van der Waals surface area contributed by atoms with E-state index >= 15 is 0 Å². The van der Waals surface area contributed by atoms with Crippen LogP contribution in [0.2, 0.25) is 0 Å². The average molecular weight is 266 g/mol. The van der Waals surface area contributed by atoms with E-state index in [1.54, 1.807) is 0 Å². The standard InChI is InChI=1S/C19H22O/c1-2-3-10-18(17-11-6-4-7-12-17)15-16-20-19-13-8-5-9-14-19/h4-9,11-16,18H,2-3,10H2,1H3/b16-15-. The zero-order chi connectivity index (χ0) is 14.0. The number of allylic oxidation sites excluding steroid dienone is 1. The van der Waals surface area contributed by atoms with Gasteiger partial charge in [-0.2, -0.15) is 0 Å². The van der Waals surface area contributed by atoms with Gasteiger partial charge in [0.05, 0.1) is 6.26 Å². The third kappa shape index (κ3) is 4.58. The molecule has 0 heterocycles. The highest BCUT2D eigenvalue weighted by molar-refractivity contribution is 5.25. The van der Waals surface area contributed by atoms with E-state index in [4.69, 9.17) is 4.74 Å². The summed E-state index contributed by atoms with van der Waals surface area (Å²) in [6.45, 7) is 2.23. The van der Waals surface area contributed by atoms with Gasteiger partial charge in [0, 0.05) is 5.92 Å². The molecule has 0 amide bonds. The van der Waals surface area contributed by atoms with Crippen molar-refractivity contribution in [3.63, 3.8) is 0 Å². The molecule has 0 spiro atoms. The van der Waals surface area contributed by atoms with Crippen molar-refractivity contribution in [1.82, 2.24) is 0 Å². The molecule has 0 radical (unpaired) electrons. The second-order valence-corrected chi connectivity index (χ2v) is 4.92. The Hall–Kier alpha value is -2.02. The third-order valence-corrected chi connectivity index (χ3v) is 3.35. The summed E-state index contributed by atoms with van der Waals surface area (Å²) in [5.74, 6) is 1.31. The maximum absolute atomic E-state index is 5.66. The van der Waals surface area contributed by atoms with Crippen LogP contribution < -0.4 is 4.74 Å². The van der Waals surface area contributed by atoms with Gasteiger partial charge in [-0.25, -0.2) is 0 Å². The van der Waals surface area contributed by atoms with E-state index in [0.29, 0.717) is 5.92 Å². The molecule has 104 valence electrons. The number of hydrogen-bond acceptors (Lipinski definition) is 1. The summed E-state index contributed by atoms with van der Waals surface area (Å²) in [4.78, 5) is 0. The Labute approximate surface area is 121 Å². The first-order chi connectivity index (χ1) is 9.90. The van der Waals surface area contributed by atoms with E-state index in [1.165, 1.54) is 18.4 Å². The summed E-state index contributed by atoms with van der Waals surface area (Å²) in [5.41, 5.74) is 1.36. The van der Waals surface area contributed by atoms with Crippen LogP contribution in [0.25, 0.3) is 0 Å². The van der Waals surface area contributed by atoms with Gasteiger partial charge in [0.25, 0.3) is 0 Å². The van der Waals surface area contributed by atoms with Crippen molar-refractivity contribution in [2.45, 2.75) is 32.1 Å². The van der Waals surface area contributed by atoms with Gasteiger partial charge >= 0.3 is 0 Å². The quantitative estimate of drug-likeness (QED) is 0.597. The second kappa shape index (κ2) is 8.21. The lowest BCUT2D eigenvalue weighted by molar-refractivity contribution is 0.475. The summed E-state index contributed by atoms with van der Waals surface area (Å²) < 4.78 is 5.66. The van der Waals surface area contributed by atoms with Crippen molar-refractivity contribution in [2.24, 2.45) is 0 Å². The minimum atomic E-state index is 0.430. The van der Waals surface area contributed by atoms with Crippen LogP contribution in [-0.4, -0.2) is 0 Å². The summed E-state index contributed by atoms with van der Waals surface area (Å²) >= 11 is 0. The molecule has 0 saturated heterocycles. The van der Waals surface area contributed by atoms with Gasteiger partial charge in [-0.3, -0.25) is 0 Å². The maximum atomic E-state index is 5.66. The molecule has 1 heteroatoms. The Bertz CT molecular complexity index is 502. The topological polar surface area (TPSA) is 9.23 Å². The van der Waals surface area contributed by atoms with Crippen molar-refractivity contribution >= 4 is 0 Å². The van der Waals surface area contributed by atoms with Crippen molar-refractivity contribution in [3.05, 3.63) is 78.6 Å². The fraction of sp³-hybridized carbons (Fsp3) is 0.263. The minimum Gasteiger partial charge on any atom is -0.465 e. The van der Waals surface area contributed by atoms with Crippen LogP contribution in [0.1, 0.15) is 37.7 Å². The number of rotatable bonds is 7. The molecule has 2 aromatic carbocycles. The number of para-hydroxylation sites is 1. The van der Waals surface area contributed by atoms with E-state index in [1.807, 2.05) is 36.6 Å². The first-order valence-electron chi connectivity index (χ1n) is 7.33. The number of benzene rings is 2. The molecule has 0 aliphatic heterocycles. The zero-order valence-corrected chi connectivity index (χ0v) is 12.0. The molecule has 0 N–H and O–H groups in total. The molecule has 1 atom stereocenters. The molecular formula is C19H22O. The van der Waals surface area contributed by atoms with Gasteiger partial charge in [-0.05, 0) is 30.2 Å². The van der Waals surface area contributed by atoms with Crippen molar-refractivity contribution in [1.29, 1.82) is 0 Å². The van der Waals surface area contributed by atoms with Crippen molar-refractivity contribution in [2.75, 3.05) is 0 Å². The number of unbranched alkanes of at least 4 members (excludes halogenated alkanes) is 1. The Morgan fingerprint density at radius 1 is 0.950 bits per heavy atom. The minimum absolute atomic E-state index is 0.430. The SMILES string of the molecule is CCCCC(/C=C\Oc1ccccc1)c1ccccc1. The number of hydrogen-bond donors (Lipinski definition) is 0. The Balaban J connectivity index is 2.00. The van der Waals surface area contributed by atoms with E-state index in [-0.39, 0.29) is 0 Å². The van der Waals surface area contributed by atoms with Crippen LogP contribution in [0.3, 0.4) is 0 Å². The van der Waals surface area contributed by atoms with Gasteiger partial charge in [-0.1, -0.05) is 68.3 Å². The smallest absolute Gasteiger partial charge is 0.126 e. The Morgan fingerprint density at radius 3 is 2.25 bits per heavy atom. The molecule has 0 aromatic heterocycles. The lowest BCUT2D eigenvalue weighted by Crippen LogP contribution is -1.96. The largest absolute Gasteiger partial charge is 0.465 e. The highest BCUT2D eigenvalue weighted by Gasteiger charge is 2.06. The van der Waals surface area contributed by atoms with E-state index < -0.39 is 0 Å². The molecule has 0 bridgehead atoms. The van der Waals surface area contributed by atoms with Crippen LogP contribution in [-0.2, 0) is 0 Å². The van der Waals surface area contributed by atoms with Crippen molar-refractivity contribution in [3.8, 4) is 5.75 Å². The molecule has 1 unspecified atom stereocenters. The van der Waals surface area contributed by atoms with Gasteiger partial charge in [0.15, 0.2) is 0 Å². The van der Waals surface area contributed by atoms with Crippen LogP contribution in [0.4, 0.5) is 0 Å². The first kappa shape index (κ1) is 14.4. The molecule has 0 aliphatic rings. The van der Waals surface area contributed by atoms with Gasteiger partial charge in [0.2, 0.25) is 0 Å². The molecule has 1 nitrogen and oxygen atoms in total. The Morgan fingerprint density at radius 2 is 1.60 bits per heavy atom. The highest BCUT2D eigenvalue weighted by atomic mass is 16.5. The molecule has 0 fully saturated rings. The highest BCUT2D eigenvalue weighted by Crippen LogP contribution is 2.23. The van der Waals surface area contributed by atoms with Gasteiger partial charge in [0.1, 0.15) is 5.75 Å². The van der Waals surface area contributed by atoms with E-state index in [9.17, 15) is 0 Å². The third-order valence-electron chi connectivity index (χ3n) is 3.35. The average Bonchev–Trinajstić information content (AvgIpc) is 2.52. The molecule has 2 aromatic rings. The lowest BCUT2D eigenvalue weighted by Gasteiger charge is -2.12. The maximum Gasteiger partial charge on any atom is 0.126 e. The van der Waals surface area contributed by atoms with Crippen molar-refractivity contribution < 1.29 is 4.74 Å². The monoisotopic (exact) mass is 266 g/mol. The predicted molar refractivity (Wildman–Crippen MR) is 84.9 cm³/mol. The number of ether oxygens (including phenoxy) is 1. The van der Waals surface area contributed by atoms with Crippen LogP contribution in [0.5, 0.6) is 5.75 Å². The molecule has 2 rings (SSSR count). The molecule has 0 saturated carbocycles.